The molecular weight excluding hydrogens is 437 g/mol. The zero-order chi connectivity index (χ0) is 17.5. The van der Waals surface area contributed by atoms with Crippen LogP contribution in [0.2, 0.25) is 0 Å². The molecule has 1 aromatic carbocycles. The summed E-state index contributed by atoms with van der Waals surface area (Å²) in [6, 6.07) is 11.2. The SMILES string of the molecule is CC(CN=C(N)N1CCCCCC1)N1CCN(c2ccccc2)CC1.I. The van der Waals surface area contributed by atoms with E-state index in [0.717, 1.165) is 51.8 Å². The molecule has 2 fully saturated rings. The van der Waals surface area contributed by atoms with E-state index in [1.54, 1.807) is 0 Å². The number of anilines is 1. The highest BCUT2D eigenvalue weighted by Crippen LogP contribution is 2.16. The Balaban J connectivity index is 0.00000243. The van der Waals surface area contributed by atoms with Crippen molar-refractivity contribution in [1.29, 1.82) is 0 Å². The summed E-state index contributed by atoms with van der Waals surface area (Å²) in [5.74, 6) is 0.747. The highest BCUT2D eigenvalue weighted by Gasteiger charge is 2.21. The minimum atomic E-state index is 0. The van der Waals surface area contributed by atoms with Crippen molar-refractivity contribution in [1.82, 2.24) is 9.80 Å². The lowest BCUT2D eigenvalue weighted by Gasteiger charge is -2.38. The van der Waals surface area contributed by atoms with Crippen LogP contribution in [-0.2, 0) is 0 Å². The highest BCUT2D eigenvalue weighted by atomic mass is 127. The van der Waals surface area contributed by atoms with E-state index in [4.69, 9.17) is 10.7 Å². The second kappa shape index (κ2) is 11.0. The average Bonchev–Trinajstić information content (AvgIpc) is 2.96. The van der Waals surface area contributed by atoms with Crippen molar-refractivity contribution >= 4 is 35.6 Å². The van der Waals surface area contributed by atoms with Gasteiger partial charge in [0.05, 0.1) is 6.54 Å². The lowest BCUT2D eigenvalue weighted by molar-refractivity contribution is 0.201. The lowest BCUT2D eigenvalue weighted by Crippen LogP contribution is -2.50. The Morgan fingerprint density at radius 2 is 1.58 bits per heavy atom. The van der Waals surface area contributed by atoms with Crippen molar-refractivity contribution in [2.45, 2.75) is 38.6 Å². The van der Waals surface area contributed by atoms with Gasteiger partial charge in [-0.15, -0.1) is 24.0 Å². The molecule has 2 heterocycles. The van der Waals surface area contributed by atoms with E-state index in [-0.39, 0.29) is 24.0 Å². The molecule has 1 unspecified atom stereocenters. The predicted molar refractivity (Wildman–Crippen MR) is 122 cm³/mol. The van der Waals surface area contributed by atoms with Gasteiger partial charge in [0.2, 0.25) is 0 Å². The van der Waals surface area contributed by atoms with Gasteiger partial charge in [-0.2, -0.15) is 0 Å². The molecular formula is C20H34IN5. The smallest absolute Gasteiger partial charge is 0.191 e. The van der Waals surface area contributed by atoms with Crippen LogP contribution in [0.15, 0.2) is 35.3 Å². The van der Waals surface area contributed by atoms with Crippen molar-refractivity contribution in [3.05, 3.63) is 30.3 Å². The van der Waals surface area contributed by atoms with E-state index in [2.05, 4.69) is 52.0 Å². The van der Waals surface area contributed by atoms with Gasteiger partial charge in [-0.25, -0.2) is 0 Å². The van der Waals surface area contributed by atoms with Crippen molar-refractivity contribution in [2.24, 2.45) is 10.7 Å². The second-order valence-corrected chi connectivity index (χ2v) is 7.31. The fourth-order valence-corrected chi connectivity index (χ4v) is 3.80. The van der Waals surface area contributed by atoms with Gasteiger partial charge >= 0.3 is 0 Å². The summed E-state index contributed by atoms with van der Waals surface area (Å²) in [6.45, 7) is 9.56. The molecule has 0 saturated carbocycles. The van der Waals surface area contributed by atoms with Crippen LogP contribution < -0.4 is 10.6 Å². The Hall–Kier alpha value is -1.02. The quantitative estimate of drug-likeness (QED) is 0.417. The van der Waals surface area contributed by atoms with Gasteiger partial charge in [0.25, 0.3) is 0 Å². The van der Waals surface area contributed by atoms with E-state index in [1.807, 2.05) is 0 Å². The van der Waals surface area contributed by atoms with Crippen LogP contribution in [0.3, 0.4) is 0 Å². The van der Waals surface area contributed by atoms with Crippen LogP contribution in [0.5, 0.6) is 0 Å². The van der Waals surface area contributed by atoms with E-state index in [9.17, 15) is 0 Å². The zero-order valence-corrected chi connectivity index (χ0v) is 18.3. The number of hydrogen-bond acceptors (Lipinski definition) is 3. The first-order valence-electron chi connectivity index (χ1n) is 9.83. The number of aliphatic imine (C=N–C) groups is 1. The molecule has 0 aromatic heterocycles. The second-order valence-electron chi connectivity index (χ2n) is 7.31. The van der Waals surface area contributed by atoms with Crippen LogP contribution in [0.4, 0.5) is 5.69 Å². The molecule has 146 valence electrons. The summed E-state index contributed by atoms with van der Waals surface area (Å²) < 4.78 is 0. The Morgan fingerprint density at radius 3 is 2.19 bits per heavy atom. The molecule has 0 amide bonds. The van der Waals surface area contributed by atoms with Gasteiger partial charge in [-0.1, -0.05) is 31.0 Å². The first kappa shape index (κ1) is 21.3. The van der Waals surface area contributed by atoms with Crippen LogP contribution >= 0.6 is 24.0 Å². The van der Waals surface area contributed by atoms with Crippen molar-refractivity contribution in [2.75, 3.05) is 50.7 Å². The van der Waals surface area contributed by atoms with Gasteiger partial charge in [-0.05, 0) is 31.9 Å². The van der Waals surface area contributed by atoms with Gasteiger partial charge in [-0.3, -0.25) is 9.89 Å². The van der Waals surface area contributed by atoms with Gasteiger partial charge in [0.15, 0.2) is 5.96 Å². The van der Waals surface area contributed by atoms with Crippen molar-refractivity contribution in [3.8, 4) is 0 Å². The number of likely N-dealkylation sites (tertiary alicyclic amines) is 1. The fourth-order valence-electron chi connectivity index (χ4n) is 3.80. The lowest BCUT2D eigenvalue weighted by atomic mass is 10.2. The number of nitrogens with two attached hydrogens (primary N) is 1. The fraction of sp³-hybridized carbons (Fsp3) is 0.650. The number of piperazine rings is 1. The zero-order valence-electron chi connectivity index (χ0n) is 16.0. The third-order valence-corrected chi connectivity index (χ3v) is 5.51. The molecule has 0 radical (unpaired) electrons. The van der Waals surface area contributed by atoms with Crippen LogP contribution in [0, 0.1) is 0 Å². The first-order chi connectivity index (χ1) is 12.2. The maximum Gasteiger partial charge on any atom is 0.191 e. The number of nitrogens with zero attached hydrogens (tertiary/aromatic N) is 4. The van der Waals surface area contributed by atoms with E-state index >= 15 is 0 Å². The topological polar surface area (TPSA) is 48.1 Å². The molecule has 2 aliphatic heterocycles. The minimum Gasteiger partial charge on any atom is -0.370 e. The summed E-state index contributed by atoms with van der Waals surface area (Å²) in [6.07, 6.45) is 5.14. The average molecular weight is 471 g/mol. The number of para-hydroxylation sites is 1. The van der Waals surface area contributed by atoms with Crippen LogP contribution in [0.1, 0.15) is 32.6 Å². The first-order valence-corrected chi connectivity index (χ1v) is 9.83. The summed E-state index contributed by atoms with van der Waals surface area (Å²) >= 11 is 0. The third-order valence-electron chi connectivity index (χ3n) is 5.51. The molecule has 2 N–H and O–H groups in total. The van der Waals surface area contributed by atoms with Crippen molar-refractivity contribution < 1.29 is 0 Å². The molecule has 0 aliphatic carbocycles. The largest absolute Gasteiger partial charge is 0.370 e. The summed E-state index contributed by atoms with van der Waals surface area (Å²) in [4.78, 5) is 12.0. The molecule has 2 aliphatic rings. The number of rotatable bonds is 4. The molecule has 2 saturated heterocycles. The molecule has 1 aromatic rings. The molecule has 5 nitrogen and oxygen atoms in total. The third kappa shape index (κ3) is 6.01. The highest BCUT2D eigenvalue weighted by molar-refractivity contribution is 14.0. The Morgan fingerprint density at radius 1 is 0.962 bits per heavy atom. The molecule has 26 heavy (non-hydrogen) atoms. The van der Waals surface area contributed by atoms with E-state index < -0.39 is 0 Å². The number of hydrogen-bond donors (Lipinski definition) is 1. The minimum absolute atomic E-state index is 0. The normalized spacial score (nSPS) is 21.0. The predicted octanol–water partition coefficient (Wildman–Crippen LogP) is 3.01. The molecule has 0 spiro atoms. The summed E-state index contributed by atoms with van der Waals surface area (Å²) in [7, 11) is 0. The maximum atomic E-state index is 6.24. The van der Waals surface area contributed by atoms with Gasteiger partial charge in [0.1, 0.15) is 0 Å². The standard InChI is InChI=1S/C20H33N5.HI/c1-18(17-22-20(21)25-11-7-2-3-8-12-25)23-13-15-24(16-14-23)19-9-5-4-6-10-19;/h4-6,9-10,18H,2-3,7-8,11-17H2,1H3,(H2,21,22);1H. The van der Waals surface area contributed by atoms with E-state index in [1.165, 1.54) is 31.4 Å². The molecule has 6 heteroatoms. The molecule has 0 bridgehead atoms. The summed E-state index contributed by atoms with van der Waals surface area (Å²) in [5, 5.41) is 0. The summed E-state index contributed by atoms with van der Waals surface area (Å²) in [5.41, 5.74) is 7.57. The Kier molecular flexibility index (Phi) is 8.98. The molecule has 3 rings (SSSR count). The van der Waals surface area contributed by atoms with Gasteiger partial charge < -0.3 is 15.5 Å². The number of guanidine groups is 1. The van der Waals surface area contributed by atoms with Gasteiger partial charge in [0, 0.05) is 51.0 Å². The van der Waals surface area contributed by atoms with Crippen LogP contribution in [0.25, 0.3) is 0 Å². The van der Waals surface area contributed by atoms with Crippen LogP contribution in [-0.4, -0.2) is 67.6 Å². The number of benzene rings is 1. The Labute approximate surface area is 175 Å². The maximum absolute atomic E-state index is 6.24. The monoisotopic (exact) mass is 471 g/mol. The number of halogens is 1. The van der Waals surface area contributed by atoms with E-state index in [0.29, 0.717) is 6.04 Å². The Bertz CT molecular complexity index is 534. The molecule has 1 atom stereocenters. The van der Waals surface area contributed by atoms with Crippen molar-refractivity contribution in [3.63, 3.8) is 0 Å².